The summed E-state index contributed by atoms with van der Waals surface area (Å²) >= 11 is 3.42. The molecule has 1 aromatic heterocycles. The largest absolute Gasteiger partial charge is 0.329 e. The molecule has 98 valence electrons. The molecule has 0 amide bonds. The summed E-state index contributed by atoms with van der Waals surface area (Å²) in [5.74, 6) is 1.41. The van der Waals surface area contributed by atoms with Gasteiger partial charge in [-0.05, 0) is 27.4 Å². The quantitative estimate of drug-likeness (QED) is 0.857. The van der Waals surface area contributed by atoms with E-state index in [0.717, 1.165) is 21.7 Å². The number of benzene rings is 1. The normalized spacial score (nSPS) is 10.7. The molecule has 0 spiro atoms. The zero-order valence-electron chi connectivity index (χ0n) is 11.3. The molecule has 0 saturated heterocycles. The molecular formula is C15H16BrN3. The molecule has 0 atom stereocenters. The van der Waals surface area contributed by atoms with Crippen molar-refractivity contribution in [2.45, 2.75) is 26.2 Å². The molecule has 0 fully saturated rings. The van der Waals surface area contributed by atoms with Gasteiger partial charge in [0, 0.05) is 12.6 Å². The van der Waals surface area contributed by atoms with E-state index in [-0.39, 0.29) is 0 Å². The molecule has 3 nitrogen and oxygen atoms in total. The summed E-state index contributed by atoms with van der Waals surface area (Å²) in [5.41, 5.74) is 3.29. The van der Waals surface area contributed by atoms with Crippen molar-refractivity contribution in [3.8, 4) is 17.5 Å². The highest BCUT2D eigenvalue weighted by Crippen LogP contribution is 2.26. The van der Waals surface area contributed by atoms with Gasteiger partial charge in [-0.1, -0.05) is 38.1 Å². The van der Waals surface area contributed by atoms with Crippen molar-refractivity contribution in [1.82, 2.24) is 9.55 Å². The molecule has 19 heavy (non-hydrogen) atoms. The zero-order chi connectivity index (χ0) is 14.0. The van der Waals surface area contributed by atoms with E-state index in [9.17, 15) is 0 Å². The third-order valence-corrected chi connectivity index (χ3v) is 3.88. The number of hydrogen-bond acceptors (Lipinski definition) is 2. The molecule has 0 bridgehead atoms. The Balaban J connectivity index is 2.42. The summed E-state index contributed by atoms with van der Waals surface area (Å²) in [6, 6.07) is 10.6. The van der Waals surface area contributed by atoms with Gasteiger partial charge >= 0.3 is 0 Å². The molecule has 1 heterocycles. The standard InChI is InChI=1S/C15H16BrN3/c1-10(2)11-4-6-12(7-5-11)15-18-14(16)13(8-9-17)19(15)3/h4-7,10H,8H2,1-3H3. The second-order valence-corrected chi connectivity index (χ2v) is 5.59. The molecule has 0 aliphatic carbocycles. The van der Waals surface area contributed by atoms with Crippen molar-refractivity contribution < 1.29 is 0 Å². The van der Waals surface area contributed by atoms with E-state index in [1.165, 1.54) is 5.56 Å². The summed E-state index contributed by atoms with van der Waals surface area (Å²) in [5, 5.41) is 8.83. The highest BCUT2D eigenvalue weighted by Gasteiger charge is 2.13. The van der Waals surface area contributed by atoms with E-state index in [1.807, 2.05) is 11.6 Å². The number of imidazole rings is 1. The van der Waals surface area contributed by atoms with Crippen LogP contribution in [0.5, 0.6) is 0 Å². The smallest absolute Gasteiger partial charge is 0.141 e. The first kappa shape index (κ1) is 13.8. The molecule has 2 rings (SSSR count). The Morgan fingerprint density at radius 1 is 1.32 bits per heavy atom. The minimum Gasteiger partial charge on any atom is -0.329 e. The lowest BCUT2D eigenvalue weighted by Crippen LogP contribution is -1.98. The molecular weight excluding hydrogens is 302 g/mol. The summed E-state index contributed by atoms with van der Waals surface area (Å²) in [6.07, 6.45) is 0.355. The second kappa shape index (κ2) is 5.58. The van der Waals surface area contributed by atoms with Crippen LogP contribution in [0, 0.1) is 11.3 Å². The van der Waals surface area contributed by atoms with Gasteiger partial charge in [-0.25, -0.2) is 4.98 Å². The van der Waals surface area contributed by atoms with Crippen molar-refractivity contribution in [2.24, 2.45) is 7.05 Å². The Labute approximate surface area is 122 Å². The highest BCUT2D eigenvalue weighted by molar-refractivity contribution is 9.10. The van der Waals surface area contributed by atoms with Crippen molar-refractivity contribution in [1.29, 1.82) is 5.26 Å². The van der Waals surface area contributed by atoms with Crippen LogP contribution in [-0.2, 0) is 13.5 Å². The molecule has 0 N–H and O–H groups in total. The summed E-state index contributed by atoms with van der Waals surface area (Å²) in [4.78, 5) is 4.50. The lowest BCUT2D eigenvalue weighted by molar-refractivity contribution is 0.857. The van der Waals surface area contributed by atoms with Gasteiger partial charge < -0.3 is 4.57 Å². The van der Waals surface area contributed by atoms with Crippen LogP contribution in [0.15, 0.2) is 28.9 Å². The van der Waals surface area contributed by atoms with E-state index in [4.69, 9.17) is 5.26 Å². The fourth-order valence-electron chi connectivity index (χ4n) is 2.04. The van der Waals surface area contributed by atoms with Crippen molar-refractivity contribution in [3.63, 3.8) is 0 Å². The van der Waals surface area contributed by atoms with Crippen molar-refractivity contribution in [3.05, 3.63) is 40.1 Å². The van der Waals surface area contributed by atoms with Gasteiger partial charge in [0.15, 0.2) is 0 Å². The van der Waals surface area contributed by atoms with Gasteiger partial charge in [-0.3, -0.25) is 0 Å². The van der Waals surface area contributed by atoms with E-state index >= 15 is 0 Å². The first-order chi connectivity index (χ1) is 9.04. The van der Waals surface area contributed by atoms with Crippen LogP contribution in [0.4, 0.5) is 0 Å². The fourth-order valence-corrected chi connectivity index (χ4v) is 2.61. The SMILES string of the molecule is CC(C)c1ccc(-c2nc(Br)c(CC#N)n2C)cc1. The van der Waals surface area contributed by atoms with Crippen LogP contribution in [0.25, 0.3) is 11.4 Å². The average Bonchev–Trinajstić information content (AvgIpc) is 2.67. The third-order valence-electron chi connectivity index (χ3n) is 3.25. The molecule has 0 aliphatic heterocycles. The van der Waals surface area contributed by atoms with Crippen molar-refractivity contribution >= 4 is 15.9 Å². The predicted molar refractivity (Wildman–Crippen MR) is 79.8 cm³/mol. The molecule has 2 aromatic rings. The molecule has 0 aliphatic rings. The van der Waals surface area contributed by atoms with Crippen LogP contribution >= 0.6 is 15.9 Å². The Morgan fingerprint density at radius 3 is 2.47 bits per heavy atom. The number of halogens is 1. The number of nitrogens with zero attached hydrogens (tertiary/aromatic N) is 3. The van der Waals surface area contributed by atoms with E-state index in [2.05, 4.69) is 65.1 Å². The van der Waals surface area contributed by atoms with Gasteiger partial charge in [-0.2, -0.15) is 5.26 Å². The predicted octanol–water partition coefficient (Wildman–Crippen LogP) is 4.04. The van der Waals surface area contributed by atoms with Crippen LogP contribution in [0.1, 0.15) is 31.0 Å². The molecule has 0 saturated carbocycles. The number of rotatable bonds is 3. The van der Waals surface area contributed by atoms with E-state index in [0.29, 0.717) is 12.3 Å². The topological polar surface area (TPSA) is 41.6 Å². The lowest BCUT2D eigenvalue weighted by Gasteiger charge is -2.07. The maximum absolute atomic E-state index is 8.83. The Kier molecular flexibility index (Phi) is 4.06. The van der Waals surface area contributed by atoms with Gasteiger partial charge in [0.25, 0.3) is 0 Å². The maximum Gasteiger partial charge on any atom is 0.141 e. The second-order valence-electron chi connectivity index (χ2n) is 4.84. The Bertz CT molecular complexity index is 618. The monoisotopic (exact) mass is 317 g/mol. The van der Waals surface area contributed by atoms with Crippen LogP contribution in [-0.4, -0.2) is 9.55 Å². The van der Waals surface area contributed by atoms with Crippen molar-refractivity contribution in [2.75, 3.05) is 0 Å². The van der Waals surface area contributed by atoms with Gasteiger partial charge in [0.2, 0.25) is 0 Å². The van der Waals surface area contributed by atoms with Crippen LogP contribution in [0.2, 0.25) is 0 Å². The fraction of sp³-hybridized carbons (Fsp3) is 0.333. The number of hydrogen-bond donors (Lipinski definition) is 0. The minimum absolute atomic E-state index is 0.355. The lowest BCUT2D eigenvalue weighted by atomic mass is 10.0. The Hall–Kier alpha value is -1.60. The minimum atomic E-state index is 0.355. The summed E-state index contributed by atoms with van der Waals surface area (Å²) in [7, 11) is 1.94. The molecule has 4 heteroatoms. The molecule has 0 radical (unpaired) electrons. The average molecular weight is 318 g/mol. The van der Waals surface area contributed by atoms with Gasteiger partial charge in [0.05, 0.1) is 18.2 Å². The first-order valence-corrected chi connectivity index (χ1v) is 7.02. The first-order valence-electron chi connectivity index (χ1n) is 6.23. The van der Waals surface area contributed by atoms with Crippen LogP contribution < -0.4 is 0 Å². The third kappa shape index (κ3) is 2.71. The van der Waals surface area contributed by atoms with Gasteiger partial charge in [-0.15, -0.1) is 0 Å². The highest BCUT2D eigenvalue weighted by atomic mass is 79.9. The summed E-state index contributed by atoms with van der Waals surface area (Å²) < 4.78 is 2.72. The molecule has 1 aromatic carbocycles. The number of aromatic nitrogens is 2. The van der Waals surface area contributed by atoms with E-state index in [1.54, 1.807) is 0 Å². The van der Waals surface area contributed by atoms with Gasteiger partial charge in [0.1, 0.15) is 10.4 Å². The molecule has 0 unspecified atom stereocenters. The zero-order valence-corrected chi connectivity index (χ0v) is 12.9. The summed E-state index contributed by atoms with van der Waals surface area (Å²) in [6.45, 7) is 4.36. The maximum atomic E-state index is 8.83. The van der Waals surface area contributed by atoms with Crippen LogP contribution in [0.3, 0.4) is 0 Å². The number of nitriles is 1. The Morgan fingerprint density at radius 2 is 1.95 bits per heavy atom. The van der Waals surface area contributed by atoms with E-state index < -0.39 is 0 Å².